The van der Waals surface area contributed by atoms with Crippen molar-refractivity contribution in [3.8, 4) is 0 Å². The summed E-state index contributed by atoms with van der Waals surface area (Å²) in [5.41, 5.74) is -0.579. The normalized spacial score (nSPS) is 13.9. The lowest BCUT2D eigenvalue weighted by molar-refractivity contribution is 0.0349. The molecule has 0 bridgehead atoms. The maximum absolute atomic E-state index is 11.5. The second kappa shape index (κ2) is 3.50. The molecule has 0 aromatic carbocycles. The van der Waals surface area contributed by atoms with Crippen LogP contribution in [0.4, 0.5) is 13.2 Å². The van der Waals surface area contributed by atoms with E-state index in [1.807, 2.05) is 0 Å². The molecule has 0 aromatic rings. The quantitative estimate of drug-likeness (QED) is 0.589. The minimum absolute atomic E-state index is 0.579. The Labute approximate surface area is 50.8 Å². The summed E-state index contributed by atoms with van der Waals surface area (Å²) in [5, 5.41) is 7.91. The number of alkyl halides is 3. The first kappa shape index (κ1) is 8.49. The van der Waals surface area contributed by atoms with Crippen molar-refractivity contribution in [1.82, 2.24) is 0 Å². The van der Waals surface area contributed by atoms with Gasteiger partial charge >= 0.3 is 0 Å². The summed E-state index contributed by atoms with van der Waals surface area (Å²) in [6.45, 7) is 2.84. The van der Waals surface area contributed by atoms with Gasteiger partial charge < -0.3 is 5.11 Å². The predicted molar refractivity (Wildman–Crippen MR) is 26.9 cm³/mol. The van der Waals surface area contributed by atoms with Gasteiger partial charge in [-0.3, -0.25) is 0 Å². The Morgan fingerprint density at radius 3 is 2.00 bits per heavy atom. The van der Waals surface area contributed by atoms with E-state index in [0.717, 1.165) is 0 Å². The Balaban J connectivity index is 3.51. The molecular weight excluding hydrogens is 133 g/mol. The average Bonchev–Trinajstić information content (AvgIpc) is 1.63. The lowest BCUT2D eigenvalue weighted by Crippen LogP contribution is -2.04. The Morgan fingerprint density at radius 1 is 1.44 bits per heavy atom. The second-order valence-electron chi connectivity index (χ2n) is 1.60. The van der Waals surface area contributed by atoms with Crippen molar-refractivity contribution in [1.29, 1.82) is 0 Å². The third-order valence-electron chi connectivity index (χ3n) is 0.739. The SMILES string of the molecule is C=C(CC(O)F)C(F)F. The van der Waals surface area contributed by atoms with Gasteiger partial charge in [0, 0.05) is 6.42 Å². The molecule has 0 heterocycles. The molecular formula is C5H7F3O. The number of aliphatic hydroxyl groups excluding tert-OH is 1. The molecule has 0 fully saturated rings. The van der Waals surface area contributed by atoms with Crippen LogP contribution in [-0.2, 0) is 0 Å². The van der Waals surface area contributed by atoms with Gasteiger partial charge in [-0.25, -0.2) is 13.2 Å². The van der Waals surface area contributed by atoms with E-state index in [1.165, 1.54) is 0 Å². The van der Waals surface area contributed by atoms with E-state index in [1.54, 1.807) is 0 Å². The summed E-state index contributed by atoms with van der Waals surface area (Å²) in [4.78, 5) is 0. The van der Waals surface area contributed by atoms with Gasteiger partial charge in [-0.2, -0.15) is 0 Å². The molecule has 0 radical (unpaired) electrons. The highest BCUT2D eigenvalue weighted by molar-refractivity contribution is 4.97. The van der Waals surface area contributed by atoms with Crippen LogP contribution in [0.5, 0.6) is 0 Å². The summed E-state index contributed by atoms with van der Waals surface area (Å²) in [5.74, 6) is 0. The van der Waals surface area contributed by atoms with E-state index >= 15 is 0 Å². The van der Waals surface area contributed by atoms with Crippen molar-refractivity contribution in [3.05, 3.63) is 12.2 Å². The maximum atomic E-state index is 11.5. The monoisotopic (exact) mass is 140 g/mol. The fourth-order valence-electron chi connectivity index (χ4n) is 0.305. The van der Waals surface area contributed by atoms with Crippen LogP contribution in [-0.4, -0.2) is 17.9 Å². The molecule has 0 saturated carbocycles. The van der Waals surface area contributed by atoms with Crippen LogP contribution in [0.2, 0.25) is 0 Å². The molecule has 0 aliphatic heterocycles. The molecule has 1 atom stereocenters. The molecule has 1 nitrogen and oxygen atoms in total. The molecule has 54 valence electrons. The lowest BCUT2D eigenvalue weighted by atomic mass is 10.2. The lowest BCUT2D eigenvalue weighted by Gasteiger charge is -2.02. The molecule has 9 heavy (non-hydrogen) atoms. The molecule has 0 aromatic heterocycles. The summed E-state index contributed by atoms with van der Waals surface area (Å²) in [7, 11) is 0. The van der Waals surface area contributed by atoms with E-state index in [-0.39, 0.29) is 0 Å². The first-order valence-electron chi connectivity index (χ1n) is 2.32. The van der Waals surface area contributed by atoms with Crippen LogP contribution in [0.3, 0.4) is 0 Å². The van der Waals surface area contributed by atoms with Crippen molar-refractivity contribution < 1.29 is 18.3 Å². The molecule has 0 spiro atoms. The van der Waals surface area contributed by atoms with Crippen molar-refractivity contribution in [2.45, 2.75) is 19.2 Å². The van der Waals surface area contributed by atoms with Crippen LogP contribution in [0.25, 0.3) is 0 Å². The molecule has 0 amide bonds. The van der Waals surface area contributed by atoms with E-state index in [9.17, 15) is 13.2 Å². The zero-order chi connectivity index (χ0) is 7.44. The second-order valence-corrected chi connectivity index (χ2v) is 1.60. The summed E-state index contributed by atoms with van der Waals surface area (Å²) in [6.07, 6.45) is -5.64. The smallest absolute Gasteiger partial charge is 0.259 e. The van der Waals surface area contributed by atoms with Crippen molar-refractivity contribution in [2.24, 2.45) is 0 Å². The Kier molecular flexibility index (Phi) is 3.30. The van der Waals surface area contributed by atoms with Crippen molar-refractivity contribution in [2.75, 3.05) is 0 Å². The highest BCUT2D eigenvalue weighted by Gasteiger charge is 2.11. The first-order chi connectivity index (χ1) is 4.04. The van der Waals surface area contributed by atoms with Gasteiger partial charge in [0.05, 0.1) is 0 Å². The van der Waals surface area contributed by atoms with Crippen LogP contribution in [0.15, 0.2) is 12.2 Å². The molecule has 4 heteroatoms. The molecule has 1 unspecified atom stereocenters. The standard InChI is InChI=1S/C5H7F3O/c1-3(5(7)8)2-4(6)9/h4-5,9H,1-2H2. The molecule has 0 aliphatic rings. The number of halogens is 3. The third-order valence-corrected chi connectivity index (χ3v) is 0.739. The van der Waals surface area contributed by atoms with Gasteiger partial charge in [0.2, 0.25) is 0 Å². The highest BCUT2D eigenvalue weighted by Crippen LogP contribution is 2.12. The minimum atomic E-state index is -2.74. The van der Waals surface area contributed by atoms with Gasteiger partial charge in [-0.1, -0.05) is 6.58 Å². The van der Waals surface area contributed by atoms with Crippen molar-refractivity contribution >= 4 is 0 Å². The number of hydrogen-bond donors (Lipinski definition) is 1. The van der Waals surface area contributed by atoms with Gasteiger partial charge in [0.1, 0.15) is 0 Å². The van der Waals surface area contributed by atoms with E-state index in [2.05, 4.69) is 6.58 Å². The third kappa shape index (κ3) is 4.02. The molecule has 1 N–H and O–H groups in total. The Hall–Kier alpha value is -0.510. The predicted octanol–water partition coefficient (Wildman–Crippen LogP) is 1.49. The fourth-order valence-corrected chi connectivity index (χ4v) is 0.305. The van der Waals surface area contributed by atoms with E-state index in [0.29, 0.717) is 0 Å². The number of aliphatic hydroxyl groups is 1. The van der Waals surface area contributed by atoms with Gasteiger partial charge in [0.15, 0.2) is 6.36 Å². The molecule has 0 aliphatic carbocycles. The maximum Gasteiger partial charge on any atom is 0.259 e. The van der Waals surface area contributed by atoms with Gasteiger partial charge in [0.25, 0.3) is 6.43 Å². The summed E-state index contributed by atoms with van der Waals surface area (Å²) >= 11 is 0. The summed E-state index contributed by atoms with van der Waals surface area (Å²) < 4.78 is 34.3. The Bertz CT molecular complexity index is 100. The highest BCUT2D eigenvalue weighted by atomic mass is 19.3. The number of hydrogen-bond acceptors (Lipinski definition) is 1. The van der Waals surface area contributed by atoms with Crippen LogP contribution >= 0.6 is 0 Å². The Morgan fingerprint density at radius 2 is 1.89 bits per heavy atom. The number of rotatable bonds is 3. The van der Waals surface area contributed by atoms with Crippen LogP contribution in [0, 0.1) is 0 Å². The van der Waals surface area contributed by atoms with E-state index in [4.69, 9.17) is 5.11 Å². The first-order valence-corrected chi connectivity index (χ1v) is 2.32. The molecule has 0 saturated heterocycles. The average molecular weight is 140 g/mol. The van der Waals surface area contributed by atoms with E-state index < -0.39 is 24.8 Å². The van der Waals surface area contributed by atoms with Crippen LogP contribution < -0.4 is 0 Å². The largest absolute Gasteiger partial charge is 0.364 e. The fraction of sp³-hybridized carbons (Fsp3) is 0.600. The molecule has 0 rings (SSSR count). The van der Waals surface area contributed by atoms with Gasteiger partial charge in [-0.15, -0.1) is 0 Å². The zero-order valence-electron chi connectivity index (χ0n) is 4.65. The minimum Gasteiger partial charge on any atom is -0.364 e. The van der Waals surface area contributed by atoms with Gasteiger partial charge in [-0.05, 0) is 5.57 Å². The van der Waals surface area contributed by atoms with Crippen molar-refractivity contribution in [3.63, 3.8) is 0 Å². The van der Waals surface area contributed by atoms with Crippen LogP contribution in [0.1, 0.15) is 6.42 Å². The summed E-state index contributed by atoms with van der Waals surface area (Å²) in [6, 6.07) is 0. The zero-order valence-corrected chi connectivity index (χ0v) is 4.65. The topological polar surface area (TPSA) is 20.2 Å².